The van der Waals surface area contributed by atoms with E-state index in [0.717, 1.165) is 19.3 Å². The Morgan fingerprint density at radius 1 is 1.50 bits per heavy atom. The molecule has 0 spiro atoms. The van der Waals surface area contributed by atoms with Gasteiger partial charge < -0.3 is 9.64 Å². The van der Waals surface area contributed by atoms with Crippen LogP contribution >= 0.6 is 0 Å². The summed E-state index contributed by atoms with van der Waals surface area (Å²) >= 11 is 0. The second kappa shape index (κ2) is 6.84. The number of hydrogen-bond acceptors (Lipinski definition) is 2. The second-order valence-electron chi connectivity index (χ2n) is 5.32. The topological polar surface area (TPSA) is 29.5 Å². The third-order valence-corrected chi connectivity index (χ3v) is 3.65. The molecule has 1 aromatic rings. The van der Waals surface area contributed by atoms with E-state index in [-0.39, 0.29) is 17.6 Å². The van der Waals surface area contributed by atoms with Crippen molar-refractivity contribution in [2.24, 2.45) is 0 Å². The molecule has 1 fully saturated rings. The first kappa shape index (κ1) is 15.0. The van der Waals surface area contributed by atoms with Crippen molar-refractivity contribution in [3.63, 3.8) is 0 Å². The minimum Gasteiger partial charge on any atom is -0.376 e. The molecule has 20 heavy (non-hydrogen) atoms. The van der Waals surface area contributed by atoms with Gasteiger partial charge in [0.2, 0.25) is 0 Å². The Morgan fingerprint density at radius 3 is 3.05 bits per heavy atom. The number of likely N-dealkylation sites (tertiary alicyclic amines) is 1. The molecule has 0 bridgehead atoms. The normalized spacial score (nSPS) is 19.1. The van der Waals surface area contributed by atoms with Crippen molar-refractivity contribution < 1.29 is 13.9 Å². The summed E-state index contributed by atoms with van der Waals surface area (Å²) in [5.41, 5.74) is 0.674. The van der Waals surface area contributed by atoms with Crippen molar-refractivity contribution >= 4 is 5.91 Å². The summed E-state index contributed by atoms with van der Waals surface area (Å²) in [6.07, 6.45) is 2.94. The Morgan fingerprint density at radius 2 is 2.30 bits per heavy atom. The van der Waals surface area contributed by atoms with E-state index in [1.54, 1.807) is 30.0 Å². The predicted octanol–water partition coefficient (Wildman–Crippen LogP) is 3.17. The maximum absolute atomic E-state index is 14.0. The van der Waals surface area contributed by atoms with Crippen molar-refractivity contribution in [3.8, 4) is 0 Å². The molecule has 1 atom stereocenters. The molecule has 0 aromatic heterocycles. The van der Waals surface area contributed by atoms with Crippen molar-refractivity contribution in [2.75, 3.05) is 19.7 Å². The summed E-state index contributed by atoms with van der Waals surface area (Å²) in [6, 6.07) is 4.96. The maximum Gasteiger partial charge on any atom is 0.256 e. The Bertz CT molecular complexity index is 476. The van der Waals surface area contributed by atoms with Gasteiger partial charge in [0.1, 0.15) is 5.82 Å². The van der Waals surface area contributed by atoms with Crippen LogP contribution in [0.1, 0.15) is 42.1 Å². The fourth-order valence-electron chi connectivity index (χ4n) is 2.53. The van der Waals surface area contributed by atoms with Crippen LogP contribution in [0.15, 0.2) is 18.2 Å². The SMILES string of the molecule is CCCOC1CCCN(C(=O)c2cccc(C)c2F)C1. The van der Waals surface area contributed by atoms with Crippen molar-refractivity contribution in [1.82, 2.24) is 4.90 Å². The van der Waals surface area contributed by atoms with Gasteiger partial charge in [0.05, 0.1) is 11.7 Å². The number of carbonyl (C=O) groups is 1. The lowest BCUT2D eigenvalue weighted by molar-refractivity contribution is 0.00196. The van der Waals surface area contributed by atoms with Gasteiger partial charge in [0.25, 0.3) is 5.91 Å². The summed E-state index contributed by atoms with van der Waals surface area (Å²) in [5, 5.41) is 0. The molecule has 0 saturated carbocycles. The van der Waals surface area contributed by atoms with Gasteiger partial charge >= 0.3 is 0 Å². The van der Waals surface area contributed by atoms with Crippen LogP contribution in [0.4, 0.5) is 4.39 Å². The molecule has 4 heteroatoms. The van der Waals surface area contributed by atoms with E-state index in [9.17, 15) is 9.18 Å². The lowest BCUT2D eigenvalue weighted by atomic mass is 10.0. The van der Waals surface area contributed by atoms with Crippen molar-refractivity contribution in [2.45, 2.75) is 39.2 Å². The number of aryl methyl sites for hydroxylation is 1. The van der Waals surface area contributed by atoms with Gasteiger partial charge in [-0.1, -0.05) is 19.1 Å². The zero-order valence-electron chi connectivity index (χ0n) is 12.2. The lowest BCUT2D eigenvalue weighted by Crippen LogP contribution is -2.43. The molecule has 0 radical (unpaired) electrons. The largest absolute Gasteiger partial charge is 0.376 e. The van der Waals surface area contributed by atoms with Crippen LogP contribution in [-0.4, -0.2) is 36.6 Å². The lowest BCUT2D eigenvalue weighted by Gasteiger charge is -2.32. The number of piperidine rings is 1. The first-order valence-corrected chi connectivity index (χ1v) is 7.29. The zero-order chi connectivity index (χ0) is 14.5. The van der Waals surface area contributed by atoms with Crippen LogP contribution in [-0.2, 0) is 4.74 Å². The van der Waals surface area contributed by atoms with E-state index in [2.05, 4.69) is 6.92 Å². The molecule has 1 aliphatic heterocycles. The molecule has 0 aliphatic carbocycles. The highest BCUT2D eigenvalue weighted by Crippen LogP contribution is 2.19. The monoisotopic (exact) mass is 279 g/mol. The van der Waals surface area contributed by atoms with Gasteiger partial charge in [-0.05, 0) is 37.8 Å². The Hall–Kier alpha value is -1.42. The fourth-order valence-corrected chi connectivity index (χ4v) is 2.53. The molecule has 0 N–H and O–H groups in total. The van der Waals surface area contributed by atoms with E-state index in [1.165, 1.54) is 0 Å². The van der Waals surface area contributed by atoms with Crippen molar-refractivity contribution in [1.29, 1.82) is 0 Å². The van der Waals surface area contributed by atoms with E-state index in [1.807, 2.05) is 0 Å². The molecule has 2 rings (SSSR count). The summed E-state index contributed by atoms with van der Waals surface area (Å²) < 4.78 is 19.7. The first-order chi connectivity index (χ1) is 9.63. The second-order valence-corrected chi connectivity index (χ2v) is 5.32. The van der Waals surface area contributed by atoms with Gasteiger partial charge in [-0.3, -0.25) is 4.79 Å². The third kappa shape index (κ3) is 3.37. The predicted molar refractivity (Wildman–Crippen MR) is 76.3 cm³/mol. The van der Waals surface area contributed by atoms with E-state index < -0.39 is 5.82 Å². The van der Waals surface area contributed by atoms with E-state index in [4.69, 9.17) is 4.74 Å². The van der Waals surface area contributed by atoms with Crippen LogP contribution in [0.3, 0.4) is 0 Å². The highest BCUT2D eigenvalue weighted by atomic mass is 19.1. The van der Waals surface area contributed by atoms with Gasteiger partial charge in [0, 0.05) is 19.7 Å². The molecule has 1 heterocycles. The molecule has 3 nitrogen and oxygen atoms in total. The average Bonchev–Trinajstić information content (AvgIpc) is 2.47. The van der Waals surface area contributed by atoms with Gasteiger partial charge in [-0.2, -0.15) is 0 Å². The molecule has 1 saturated heterocycles. The molecular weight excluding hydrogens is 257 g/mol. The molecule has 1 amide bonds. The Labute approximate surface area is 119 Å². The Kier molecular flexibility index (Phi) is 5.12. The number of rotatable bonds is 4. The maximum atomic E-state index is 14.0. The molecule has 1 unspecified atom stereocenters. The van der Waals surface area contributed by atoms with Crippen LogP contribution in [0, 0.1) is 12.7 Å². The number of hydrogen-bond donors (Lipinski definition) is 0. The highest BCUT2D eigenvalue weighted by Gasteiger charge is 2.26. The number of amides is 1. The molecular formula is C16H22FNO2. The molecule has 1 aliphatic rings. The van der Waals surface area contributed by atoms with E-state index >= 15 is 0 Å². The summed E-state index contributed by atoms with van der Waals surface area (Å²) in [7, 11) is 0. The Balaban J connectivity index is 2.06. The van der Waals surface area contributed by atoms with Crippen LogP contribution in [0.25, 0.3) is 0 Å². The summed E-state index contributed by atoms with van der Waals surface area (Å²) in [4.78, 5) is 14.1. The molecule has 1 aromatic carbocycles. The smallest absolute Gasteiger partial charge is 0.256 e. The van der Waals surface area contributed by atoms with Crippen molar-refractivity contribution in [3.05, 3.63) is 35.1 Å². The quantitative estimate of drug-likeness (QED) is 0.847. The van der Waals surface area contributed by atoms with Crippen LogP contribution in [0.5, 0.6) is 0 Å². The van der Waals surface area contributed by atoms with Crippen LogP contribution < -0.4 is 0 Å². The number of nitrogens with zero attached hydrogens (tertiary/aromatic N) is 1. The average molecular weight is 279 g/mol. The highest BCUT2D eigenvalue weighted by molar-refractivity contribution is 5.94. The molecule has 110 valence electrons. The zero-order valence-corrected chi connectivity index (χ0v) is 12.2. The van der Waals surface area contributed by atoms with Gasteiger partial charge in [-0.15, -0.1) is 0 Å². The third-order valence-electron chi connectivity index (χ3n) is 3.65. The number of ether oxygens (including phenoxy) is 1. The minimum atomic E-state index is -0.408. The summed E-state index contributed by atoms with van der Waals surface area (Å²) in [6.45, 7) is 5.69. The van der Waals surface area contributed by atoms with E-state index in [0.29, 0.717) is 25.3 Å². The number of halogens is 1. The summed E-state index contributed by atoms with van der Waals surface area (Å²) in [5.74, 6) is -0.634. The van der Waals surface area contributed by atoms with Gasteiger partial charge in [0.15, 0.2) is 0 Å². The minimum absolute atomic E-state index is 0.0838. The first-order valence-electron chi connectivity index (χ1n) is 7.29. The van der Waals surface area contributed by atoms with Crippen LogP contribution in [0.2, 0.25) is 0 Å². The number of carbonyl (C=O) groups excluding carboxylic acids is 1. The standard InChI is InChI=1S/C16H22FNO2/c1-3-10-20-13-7-5-9-18(11-13)16(19)14-8-4-6-12(2)15(14)17/h4,6,8,13H,3,5,7,9-11H2,1-2H3. The van der Waals surface area contributed by atoms with Gasteiger partial charge in [-0.25, -0.2) is 4.39 Å². The number of benzene rings is 1. The fraction of sp³-hybridized carbons (Fsp3) is 0.562.